The molecule has 0 unspecified atom stereocenters. The van der Waals surface area contributed by atoms with Crippen LogP contribution < -0.4 is 25.3 Å². The summed E-state index contributed by atoms with van der Waals surface area (Å²) in [5.41, 5.74) is 5.25. The van der Waals surface area contributed by atoms with Crippen LogP contribution >= 0.6 is 0 Å². The molecular formula is C41H38BN3O9. The summed E-state index contributed by atoms with van der Waals surface area (Å²) in [6, 6.07) is 25.7. The molecule has 3 fully saturated rings. The topological polar surface area (TPSA) is 166 Å². The molecule has 13 heteroatoms. The van der Waals surface area contributed by atoms with Crippen molar-refractivity contribution in [2.75, 3.05) is 24.5 Å². The molecule has 2 heterocycles. The van der Waals surface area contributed by atoms with Crippen molar-refractivity contribution in [3.05, 3.63) is 119 Å². The van der Waals surface area contributed by atoms with Crippen molar-refractivity contribution < 1.29 is 43.8 Å². The van der Waals surface area contributed by atoms with Gasteiger partial charge in [-0.05, 0) is 78.7 Å². The number of nitrogens with one attached hydrogen (secondary N) is 1. The Hall–Kier alpha value is -5.92. The van der Waals surface area contributed by atoms with Gasteiger partial charge in [0.2, 0.25) is 17.6 Å². The number of hydrogen-bond donors (Lipinski definition) is 4. The number of imide groups is 2. The highest BCUT2D eigenvalue weighted by atomic mass is 16.5. The van der Waals surface area contributed by atoms with Crippen molar-refractivity contribution >= 4 is 47.6 Å². The van der Waals surface area contributed by atoms with E-state index in [2.05, 4.69) is 5.43 Å². The number of fused-ring (bicyclic) bond motifs is 4. The van der Waals surface area contributed by atoms with Gasteiger partial charge in [0.15, 0.2) is 11.5 Å². The van der Waals surface area contributed by atoms with E-state index in [1.165, 1.54) is 26.4 Å². The van der Waals surface area contributed by atoms with Crippen LogP contribution in [0.1, 0.15) is 35.4 Å². The monoisotopic (exact) mass is 727 g/mol. The summed E-state index contributed by atoms with van der Waals surface area (Å²) < 4.78 is 11.2. The molecule has 6 atom stereocenters. The number of phenolic OH excluding ortho intramolecular Hbond substituents is 1. The van der Waals surface area contributed by atoms with Gasteiger partial charge in [-0.2, -0.15) is 5.01 Å². The standard InChI is InChI=1S/C41H38BN3O9/c1-22-12-14-26(15-13-22)43-45-38(48)31-21-30-28(16-17-29-34(30)39(49)44(37(29)47)27-11-7-10-25(20-27)42(51)52)35(23-18-32(53-2)36(46)33(19-23)54-3)41(31,40(45)50)24-8-5-4-6-9-24/h4-16,18-20,29-31,34-35,43,46,51-52H,17,21H2,1-3H3/t29-,30+,31-,34-,35-,41+/m0/s1. The fourth-order valence-electron chi connectivity index (χ4n) is 9.28. The Bertz CT molecular complexity index is 2200. The van der Waals surface area contributed by atoms with Crippen molar-refractivity contribution in [3.63, 3.8) is 0 Å². The summed E-state index contributed by atoms with van der Waals surface area (Å²) in [7, 11) is 1.00. The molecule has 0 aromatic heterocycles. The van der Waals surface area contributed by atoms with Gasteiger partial charge in [0, 0.05) is 5.92 Å². The number of allylic oxidation sites excluding steroid dienone is 2. The third-order valence-electron chi connectivity index (χ3n) is 11.7. The van der Waals surface area contributed by atoms with Gasteiger partial charge in [0.1, 0.15) is 0 Å². The Morgan fingerprint density at radius 2 is 1.50 bits per heavy atom. The number of carbonyl (C=O) groups is 4. The summed E-state index contributed by atoms with van der Waals surface area (Å²) in [4.78, 5) is 60.1. The smallest absolute Gasteiger partial charge is 0.488 e. The van der Waals surface area contributed by atoms with Crippen LogP contribution in [0.25, 0.3) is 0 Å². The summed E-state index contributed by atoms with van der Waals surface area (Å²) in [6.07, 6.45) is 2.20. The Morgan fingerprint density at radius 3 is 2.15 bits per heavy atom. The van der Waals surface area contributed by atoms with Crippen LogP contribution in [-0.2, 0) is 24.6 Å². The first-order chi connectivity index (χ1) is 26.0. The average molecular weight is 728 g/mol. The molecule has 12 nitrogen and oxygen atoms in total. The summed E-state index contributed by atoms with van der Waals surface area (Å²) >= 11 is 0. The van der Waals surface area contributed by atoms with Crippen LogP contribution in [0.3, 0.4) is 0 Å². The summed E-state index contributed by atoms with van der Waals surface area (Å²) in [5.74, 6) is -6.06. The maximum atomic E-state index is 15.4. The highest BCUT2D eigenvalue weighted by Crippen LogP contribution is 2.65. The van der Waals surface area contributed by atoms with E-state index in [1.54, 1.807) is 36.4 Å². The van der Waals surface area contributed by atoms with Crippen LogP contribution in [0, 0.1) is 30.6 Å². The number of hydrazine groups is 1. The van der Waals surface area contributed by atoms with Gasteiger partial charge in [-0.25, -0.2) is 0 Å². The van der Waals surface area contributed by atoms with E-state index in [4.69, 9.17) is 9.47 Å². The largest absolute Gasteiger partial charge is 0.502 e. The quantitative estimate of drug-likeness (QED) is 0.120. The van der Waals surface area contributed by atoms with Gasteiger partial charge >= 0.3 is 7.12 Å². The molecule has 8 rings (SSSR count). The van der Waals surface area contributed by atoms with E-state index in [1.807, 2.05) is 55.5 Å². The average Bonchev–Trinajstić information content (AvgIpc) is 3.56. The predicted octanol–water partition coefficient (Wildman–Crippen LogP) is 3.59. The van der Waals surface area contributed by atoms with Crippen molar-refractivity contribution in [2.45, 2.75) is 31.1 Å². The first-order valence-corrected chi connectivity index (χ1v) is 17.8. The molecular weight excluding hydrogens is 689 g/mol. The lowest BCUT2D eigenvalue weighted by molar-refractivity contribution is -0.138. The molecule has 0 radical (unpaired) electrons. The minimum atomic E-state index is -1.81. The van der Waals surface area contributed by atoms with E-state index >= 15 is 4.79 Å². The van der Waals surface area contributed by atoms with Gasteiger partial charge in [0.25, 0.3) is 11.8 Å². The highest BCUT2D eigenvalue weighted by molar-refractivity contribution is 6.58. The molecule has 0 bridgehead atoms. The first-order valence-electron chi connectivity index (χ1n) is 17.8. The van der Waals surface area contributed by atoms with Crippen LogP contribution in [0.2, 0.25) is 0 Å². The Kier molecular flexibility index (Phi) is 8.58. The van der Waals surface area contributed by atoms with Crippen LogP contribution in [0.4, 0.5) is 11.4 Å². The zero-order valence-electron chi connectivity index (χ0n) is 29.8. The Morgan fingerprint density at radius 1 is 0.815 bits per heavy atom. The SMILES string of the molecule is COc1cc([C@H]2C3=CC[C@@H]4C(=O)N(c5cccc(B(O)O)c5)C(=O)[C@@H]4[C@@H]3C[C@H]3C(=O)N(Nc4ccc(C)cc4)C(=O)[C@@]23c2ccccc2)cc(OC)c1O. The van der Waals surface area contributed by atoms with E-state index in [-0.39, 0.29) is 41.2 Å². The second kappa shape index (κ2) is 13.2. The molecule has 54 heavy (non-hydrogen) atoms. The fourth-order valence-corrected chi connectivity index (χ4v) is 9.28. The van der Waals surface area contributed by atoms with E-state index in [0.717, 1.165) is 15.5 Å². The van der Waals surface area contributed by atoms with Gasteiger partial charge < -0.3 is 24.6 Å². The molecule has 2 aliphatic carbocycles. The zero-order valence-corrected chi connectivity index (χ0v) is 29.8. The lowest BCUT2D eigenvalue weighted by Crippen LogP contribution is -2.53. The molecule has 4 amide bonds. The number of ether oxygens (including phenoxy) is 2. The fraction of sp³-hybridized carbons (Fsp3) is 0.268. The minimum Gasteiger partial charge on any atom is -0.502 e. The normalized spacial score (nSPS) is 25.9. The molecule has 4 aliphatic rings. The molecule has 4 aromatic rings. The number of rotatable bonds is 8. The van der Waals surface area contributed by atoms with Crippen LogP contribution in [0.15, 0.2) is 103 Å². The second-order valence-electron chi connectivity index (χ2n) is 14.3. The zero-order chi connectivity index (χ0) is 38.1. The lowest BCUT2D eigenvalue weighted by Gasteiger charge is -2.50. The molecule has 1 saturated carbocycles. The number of nitrogens with zero attached hydrogens (tertiary/aromatic N) is 2. The van der Waals surface area contributed by atoms with E-state index in [9.17, 15) is 29.5 Å². The molecule has 4 aromatic carbocycles. The Balaban J connectivity index is 1.33. The lowest BCUT2D eigenvalue weighted by atomic mass is 9.49. The number of amides is 4. The number of carbonyl (C=O) groups excluding carboxylic acids is 4. The van der Waals surface area contributed by atoms with Gasteiger partial charge in [0.05, 0.1) is 48.8 Å². The molecule has 274 valence electrons. The third kappa shape index (κ3) is 5.13. The number of methoxy groups -OCH3 is 2. The van der Waals surface area contributed by atoms with Crippen molar-refractivity contribution in [1.29, 1.82) is 0 Å². The maximum absolute atomic E-state index is 15.4. The summed E-state index contributed by atoms with van der Waals surface area (Å²) in [5, 5.41) is 31.8. The number of benzene rings is 4. The highest BCUT2D eigenvalue weighted by Gasteiger charge is 2.70. The Labute approximate surface area is 311 Å². The van der Waals surface area contributed by atoms with E-state index < -0.39 is 65.8 Å². The molecule has 2 aliphatic heterocycles. The van der Waals surface area contributed by atoms with Crippen LogP contribution in [0.5, 0.6) is 17.2 Å². The molecule has 2 saturated heterocycles. The molecule has 0 spiro atoms. The number of aromatic hydroxyl groups is 1. The van der Waals surface area contributed by atoms with Gasteiger partial charge in [-0.3, -0.25) is 29.5 Å². The minimum absolute atomic E-state index is 0.0870. The van der Waals surface area contributed by atoms with Crippen molar-refractivity contribution in [2.24, 2.45) is 23.7 Å². The first kappa shape index (κ1) is 35.1. The van der Waals surface area contributed by atoms with Gasteiger partial charge in [-0.1, -0.05) is 71.8 Å². The van der Waals surface area contributed by atoms with E-state index in [0.29, 0.717) is 22.4 Å². The number of hydrogen-bond acceptors (Lipinski definition) is 10. The van der Waals surface area contributed by atoms with Crippen molar-refractivity contribution in [1.82, 2.24) is 5.01 Å². The maximum Gasteiger partial charge on any atom is 0.488 e. The predicted molar refractivity (Wildman–Crippen MR) is 199 cm³/mol. The van der Waals surface area contributed by atoms with Crippen molar-refractivity contribution in [3.8, 4) is 17.2 Å². The van der Waals surface area contributed by atoms with Gasteiger partial charge in [-0.15, -0.1) is 0 Å². The molecule has 4 N–H and O–H groups in total. The number of anilines is 2. The number of phenols is 1. The van der Waals surface area contributed by atoms with Crippen LogP contribution in [-0.4, -0.2) is 65.1 Å². The number of aryl methyl sites for hydroxylation is 1. The summed E-state index contributed by atoms with van der Waals surface area (Å²) in [6.45, 7) is 1.94. The second-order valence-corrected chi connectivity index (χ2v) is 14.3. The third-order valence-corrected chi connectivity index (χ3v) is 11.7.